The molecule has 0 bridgehead atoms. The molecule has 0 heterocycles. The van der Waals surface area contributed by atoms with Crippen molar-refractivity contribution in [3.05, 3.63) is 56.6 Å². The molecule has 0 aliphatic rings. The summed E-state index contributed by atoms with van der Waals surface area (Å²) in [6.07, 6.45) is -0.161. The molecule has 0 saturated carbocycles. The fourth-order valence-electron chi connectivity index (χ4n) is 2.47. The minimum atomic E-state index is -0.648. The fourth-order valence-corrected chi connectivity index (χ4v) is 2.65. The third-order valence-electron chi connectivity index (χ3n) is 3.81. The summed E-state index contributed by atoms with van der Waals surface area (Å²) in [5.41, 5.74) is 0.422. The maximum absolute atomic E-state index is 12.0. The Morgan fingerprint density at radius 1 is 1.11 bits per heavy atom. The number of hydrogen-bond donors (Lipinski definition) is 1. The Kier molecular flexibility index (Phi) is 6.78. The van der Waals surface area contributed by atoms with E-state index in [0.29, 0.717) is 10.6 Å². The molecule has 0 saturated heterocycles. The molecule has 2 aromatic rings. The van der Waals surface area contributed by atoms with Crippen LogP contribution in [0.1, 0.15) is 15.9 Å². The molecular weight excluding hydrogens is 392 g/mol. The SMILES string of the molecule is COC(=O)Cc1cc(Nc2cc(Cl)ccc2C(=O)OC)c([N+](=O)[O-])cc1OC. The van der Waals surface area contributed by atoms with Crippen LogP contribution >= 0.6 is 11.6 Å². The van der Waals surface area contributed by atoms with Crippen LogP contribution in [0.5, 0.6) is 5.75 Å². The van der Waals surface area contributed by atoms with E-state index in [4.69, 9.17) is 21.1 Å². The number of nitro benzene ring substituents is 1. The van der Waals surface area contributed by atoms with Crippen LogP contribution in [0.25, 0.3) is 0 Å². The van der Waals surface area contributed by atoms with E-state index >= 15 is 0 Å². The predicted octanol–water partition coefficient (Wildman–Crippen LogP) is 3.50. The molecule has 0 unspecified atom stereocenters. The molecule has 0 aliphatic heterocycles. The normalized spacial score (nSPS) is 10.1. The molecule has 28 heavy (non-hydrogen) atoms. The molecule has 0 spiro atoms. The van der Waals surface area contributed by atoms with E-state index < -0.39 is 16.9 Å². The summed E-state index contributed by atoms with van der Waals surface area (Å²) in [5, 5.41) is 14.6. The second-order valence-electron chi connectivity index (χ2n) is 5.50. The molecular formula is C18H17ClN2O7. The molecule has 0 amide bonds. The van der Waals surface area contributed by atoms with Gasteiger partial charge >= 0.3 is 11.9 Å². The molecule has 0 aliphatic carbocycles. The lowest BCUT2D eigenvalue weighted by Crippen LogP contribution is -2.09. The van der Waals surface area contributed by atoms with E-state index in [1.807, 2.05) is 0 Å². The second kappa shape index (κ2) is 9.05. The number of anilines is 2. The summed E-state index contributed by atoms with van der Waals surface area (Å²) in [7, 11) is 3.78. The zero-order valence-electron chi connectivity index (χ0n) is 15.3. The number of rotatable bonds is 7. The quantitative estimate of drug-likeness (QED) is 0.420. The number of ether oxygens (including phenoxy) is 3. The molecule has 0 fully saturated rings. The summed E-state index contributed by atoms with van der Waals surface area (Å²) in [6.45, 7) is 0. The van der Waals surface area contributed by atoms with Crippen LogP contribution in [0.15, 0.2) is 30.3 Å². The summed E-state index contributed by atoms with van der Waals surface area (Å²) in [6, 6.07) is 6.92. The number of halogens is 1. The number of hydrogen-bond acceptors (Lipinski definition) is 8. The Balaban J connectivity index is 2.59. The molecule has 9 nitrogen and oxygen atoms in total. The Hall–Kier alpha value is -3.33. The van der Waals surface area contributed by atoms with Crippen molar-refractivity contribution in [3.8, 4) is 5.75 Å². The number of carbonyl (C=O) groups excluding carboxylic acids is 2. The monoisotopic (exact) mass is 408 g/mol. The van der Waals surface area contributed by atoms with E-state index in [0.717, 1.165) is 0 Å². The summed E-state index contributed by atoms with van der Waals surface area (Å²) in [4.78, 5) is 34.5. The third-order valence-corrected chi connectivity index (χ3v) is 4.05. The van der Waals surface area contributed by atoms with Crippen LogP contribution in [0.3, 0.4) is 0 Å². The highest BCUT2D eigenvalue weighted by Crippen LogP contribution is 2.36. The van der Waals surface area contributed by atoms with Crippen molar-refractivity contribution < 1.29 is 28.7 Å². The Bertz CT molecular complexity index is 930. The molecule has 10 heteroatoms. The first-order chi connectivity index (χ1) is 13.3. The van der Waals surface area contributed by atoms with Gasteiger partial charge in [0.2, 0.25) is 0 Å². The average Bonchev–Trinajstić information content (AvgIpc) is 2.67. The molecule has 2 rings (SSSR count). The maximum Gasteiger partial charge on any atom is 0.339 e. The number of nitro groups is 1. The van der Waals surface area contributed by atoms with Gasteiger partial charge in [0.25, 0.3) is 5.69 Å². The summed E-state index contributed by atoms with van der Waals surface area (Å²) >= 11 is 5.99. The minimum Gasteiger partial charge on any atom is -0.496 e. The van der Waals surface area contributed by atoms with Gasteiger partial charge in [-0.15, -0.1) is 0 Å². The number of esters is 2. The Morgan fingerprint density at radius 2 is 1.82 bits per heavy atom. The smallest absolute Gasteiger partial charge is 0.339 e. The van der Waals surface area contributed by atoms with Crippen molar-refractivity contribution in [1.29, 1.82) is 0 Å². The zero-order chi connectivity index (χ0) is 20.8. The highest BCUT2D eigenvalue weighted by molar-refractivity contribution is 6.31. The van der Waals surface area contributed by atoms with Gasteiger partial charge in [-0.05, 0) is 24.3 Å². The van der Waals surface area contributed by atoms with Crippen molar-refractivity contribution in [3.63, 3.8) is 0 Å². The van der Waals surface area contributed by atoms with Crippen molar-refractivity contribution in [2.45, 2.75) is 6.42 Å². The first-order valence-electron chi connectivity index (χ1n) is 7.87. The van der Waals surface area contributed by atoms with E-state index in [-0.39, 0.29) is 34.8 Å². The van der Waals surface area contributed by atoms with E-state index in [1.165, 1.54) is 51.7 Å². The standard InChI is InChI=1S/C18H17ClN2O7/c1-26-16-9-15(21(24)25)14(6-10(16)7-17(22)27-2)20-13-8-11(19)4-5-12(13)18(23)28-3/h4-6,8-9,20H,7H2,1-3H3. The molecule has 148 valence electrons. The molecule has 0 atom stereocenters. The lowest BCUT2D eigenvalue weighted by atomic mass is 10.1. The van der Waals surface area contributed by atoms with Crippen LogP contribution < -0.4 is 10.1 Å². The molecule has 0 radical (unpaired) electrons. The maximum atomic E-state index is 12.0. The van der Waals surface area contributed by atoms with Gasteiger partial charge < -0.3 is 19.5 Å². The van der Waals surface area contributed by atoms with E-state index in [9.17, 15) is 19.7 Å². The highest BCUT2D eigenvalue weighted by atomic mass is 35.5. The third kappa shape index (κ3) is 4.68. The first-order valence-corrected chi connectivity index (χ1v) is 8.25. The van der Waals surface area contributed by atoms with Gasteiger partial charge in [0, 0.05) is 10.6 Å². The van der Waals surface area contributed by atoms with Crippen molar-refractivity contribution in [2.75, 3.05) is 26.6 Å². The fraction of sp³-hybridized carbons (Fsp3) is 0.222. The number of nitrogens with zero attached hydrogens (tertiary/aromatic N) is 1. The zero-order valence-corrected chi connectivity index (χ0v) is 16.0. The van der Waals surface area contributed by atoms with Crippen molar-refractivity contribution in [1.82, 2.24) is 0 Å². The van der Waals surface area contributed by atoms with Gasteiger partial charge in [-0.3, -0.25) is 14.9 Å². The Morgan fingerprint density at radius 3 is 2.39 bits per heavy atom. The van der Waals surface area contributed by atoms with E-state index in [2.05, 4.69) is 10.1 Å². The molecule has 1 N–H and O–H groups in total. The number of methoxy groups -OCH3 is 3. The van der Waals surface area contributed by atoms with Crippen molar-refractivity contribution in [2.24, 2.45) is 0 Å². The predicted molar refractivity (Wildman–Crippen MR) is 101 cm³/mol. The van der Waals surface area contributed by atoms with Gasteiger partial charge in [0.15, 0.2) is 0 Å². The molecule has 2 aromatic carbocycles. The van der Waals surface area contributed by atoms with Crippen LogP contribution in [0.4, 0.5) is 17.1 Å². The average molecular weight is 409 g/mol. The van der Waals surface area contributed by atoms with Crippen LogP contribution in [-0.2, 0) is 20.7 Å². The second-order valence-corrected chi connectivity index (χ2v) is 5.93. The van der Waals surface area contributed by atoms with Gasteiger partial charge in [-0.25, -0.2) is 4.79 Å². The van der Waals surface area contributed by atoms with Gasteiger partial charge in [-0.2, -0.15) is 0 Å². The summed E-state index contributed by atoms with van der Waals surface area (Å²) in [5.74, 6) is -1.04. The van der Waals surface area contributed by atoms with Crippen LogP contribution in [0, 0.1) is 10.1 Å². The van der Waals surface area contributed by atoms with Crippen LogP contribution in [0.2, 0.25) is 5.02 Å². The largest absolute Gasteiger partial charge is 0.496 e. The molecule has 0 aromatic heterocycles. The van der Waals surface area contributed by atoms with Gasteiger partial charge in [-0.1, -0.05) is 11.6 Å². The van der Waals surface area contributed by atoms with Gasteiger partial charge in [0.1, 0.15) is 11.4 Å². The van der Waals surface area contributed by atoms with Crippen LogP contribution in [-0.4, -0.2) is 38.2 Å². The first kappa shape index (κ1) is 21.0. The van der Waals surface area contributed by atoms with Crippen molar-refractivity contribution >= 4 is 40.6 Å². The number of nitrogens with one attached hydrogen (secondary N) is 1. The lowest BCUT2D eigenvalue weighted by Gasteiger charge is -2.14. The lowest BCUT2D eigenvalue weighted by molar-refractivity contribution is -0.384. The Labute approximate surface area is 165 Å². The number of benzene rings is 2. The minimum absolute atomic E-state index is 0.0390. The topological polar surface area (TPSA) is 117 Å². The highest BCUT2D eigenvalue weighted by Gasteiger charge is 2.22. The summed E-state index contributed by atoms with van der Waals surface area (Å²) < 4.78 is 14.5. The van der Waals surface area contributed by atoms with E-state index in [1.54, 1.807) is 0 Å². The van der Waals surface area contributed by atoms with Gasteiger partial charge in [0.05, 0.1) is 50.0 Å². The number of carbonyl (C=O) groups is 2.